The summed E-state index contributed by atoms with van der Waals surface area (Å²) in [6.45, 7) is 0.424. The Hall–Kier alpha value is -2.39. The highest BCUT2D eigenvalue weighted by atomic mass is 35.5. The van der Waals surface area contributed by atoms with Gasteiger partial charge in [0.2, 0.25) is 0 Å². The van der Waals surface area contributed by atoms with Crippen molar-refractivity contribution in [1.29, 1.82) is 0 Å². The average Bonchev–Trinajstić information content (AvgIpc) is 2.76. The molecule has 1 aliphatic rings. The number of anilines is 1. The van der Waals surface area contributed by atoms with Crippen molar-refractivity contribution in [1.82, 2.24) is 4.98 Å². The Balaban J connectivity index is 1.82. The highest BCUT2D eigenvalue weighted by molar-refractivity contribution is 6.29. The summed E-state index contributed by atoms with van der Waals surface area (Å²) in [5, 5.41) is 2.54. The van der Waals surface area contributed by atoms with E-state index in [1.165, 1.54) is 0 Å². The Morgan fingerprint density at radius 1 is 1.00 bits per heavy atom. The Morgan fingerprint density at radius 2 is 1.76 bits per heavy atom. The molecule has 0 unspecified atom stereocenters. The van der Waals surface area contributed by atoms with Crippen LogP contribution in [-0.2, 0) is 6.54 Å². The van der Waals surface area contributed by atoms with Crippen LogP contribution in [0.2, 0.25) is 5.15 Å². The van der Waals surface area contributed by atoms with Gasteiger partial charge >= 0.3 is 0 Å². The number of rotatable bonds is 2. The zero-order chi connectivity index (χ0) is 14.4. The summed E-state index contributed by atoms with van der Waals surface area (Å²) < 4.78 is 0. The maximum atomic E-state index is 12.6. The molecule has 0 atom stereocenters. The lowest BCUT2D eigenvalue weighted by Gasteiger charge is -2.17. The number of pyridine rings is 1. The highest BCUT2D eigenvalue weighted by Gasteiger charge is 2.29. The number of hydrogen-bond acceptors (Lipinski definition) is 2. The molecule has 3 aromatic rings. The monoisotopic (exact) mass is 294 g/mol. The SMILES string of the molecule is O=C1c2cccc3cccc(c23)N1Cc1cccc(Cl)n1. The van der Waals surface area contributed by atoms with E-state index in [9.17, 15) is 4.79 Å². The molecule has 0 spiro atoms. The number of carbonyl (C=O) groups excluding carboxylic acids is 1. The van der Waals surface area contributed by atoms with Crippen molar-refractivity contribution in [3.63, 3.8) is 0 Å². The number of nitrogens with zero attached hydrogens (tertiary/aromatic N) is 2. The van der Waals surface area contributed by atoms with Crippen molar-refractivity contribution >= 4 is 34.0 Å². The summed E-state index contributed by atoms with van der Waals surface area (Å²) >= 11 is 5.92. The zero-order valence-electron chi connectivity index (χ0n) is 11.1. The van der Waals surface area contributed by atoms with Gasteiger partial charge in [-0.2, -0.15) is 0 Å². The van der Waals surface area contributed by atoms with Gasteiger partial charge < -0.3 is 4.90 Å². The molecule has 1 amide bonds. The summed E-state index contributed by atoms with van der Waals surface area (Å²) in [5.41, 5.74) is 2.47. The van der Waals surface area contributed by atoms with Gasteiger partial charge in [0.1, 0.15) is 5.15 Å². The van der Waals surface area contributed by atoms with Gasteiger partial charge in [-0.1, -0.05) is 41.9 Å². The van der Waals surface area contributed by atoms with Crippen LogP contribution in [0.3, 0.4) is 0 Å². The molecule has 0 saturated carbocycles. The summed E-state index contributed by atoms with van der Waals surface area (Å²) in [6.07, 6.45) is 0. The van der Waals surface area contributed by atoms with E-state index >= 15 is 0 Å². The molecule has 4 rings (SSSR count). The third kappa shape index (κ3) is 1.89. The molecular weight excluding hydrogens is 284 g/mol. The third-order valence-corrected chi connectivity index (χ3v) is 3.95. The molecule has 0 N–H and O–H groups in total. The molecule has 1 aromatic heterocycles. The number of benzene rings is 2. The van der Waals surface area contributed by atoms with Crippen LogP contribution in [0, 0.1) is 0 Å². The second-order valence-corrected chi connectivity index (χ2v) is 5.41. The Kier molecular flexibility index (Phi) is 2.69. The van der Waals surface area contributed by atoms with E-state index < -0.39 is 0 Å². The molecule has 2 heterocycles. The topological polar surface area (TPSA) is 33.2 Å². The molecule has 21 heavy (non-hydrogen) atoms. The maximum absolute atomic E-state index is 12.6. The minimum absolute atomic E-state index is 0.0172. The average molecular weight is 295 g/mol. The predicted molar refractivity (Wildman–Crippen MR) is 83.7 cm³/mol. The van der Waals surface area contributed by atoms with Crippen LogP contribution < -0.4 is 4.90 Å². The van der Waals surface area contributed by atoms with E-state index in [4.69, 9.17) is 11.6 Å². The molecule has 0 saturated heterocycles. The predicted octanol–water partition coefficient (Wildman–Crippen LogP) is 4.05. The quantitative estimate of drug-likeness (QED) is 0.668. The van der Waals surface area contributed by atoms with Crippen LogP contribution in [0.1, 0.15) is 16.1 Å². The largest absolute Gasteiger partial charge is 0.302 e. The highest BCUT2D eigenvalue weighted by Crippen LogP contribution is 2.37. The molecule has 0 radical (unpaired) electrons. The molecule has 0 fully saturated rings. The molecule has 4 heteroatoms. The van der Waals surface area contributed by atoms with Crippen molar-refractivity contribution in [2.75, 3.05) is 4.90 Å². The standard InChI is InChI=1S/C17H11ClN2O/c18-15-9-3-6-12(19-15)10-20-14-8-2-5-11-4-1-7-13(16(11)14)17(20)21/h1-9H,10H2. The molecule has 3 nitrogen and oxygen atoms in total. The van der Waals surface area contributed by atoms with Crippen molar-refractivity contribution in [2.45, 2.75) is 6.54 Å². The van der Waals surface area contributed by atoms with Gasteiger partial charge in [0, 0.05) is 10.9 Å². The number of halogens is 1. The minimum atomic E-state index is 0.0172. The number of amides is 1. The lowest BCUT2D eigenvalue weighted by molar-refractivity contribution is 0.0991. The summed E-state index contributed by atoms with van der Waals surface area (Å²) in [7, 11) is 0. The molecule has 2 aromatic carbocycles. The summed E-state index contributed by atoms with van der Waals surface area (Å²) in [4.78, 5) is 18.7. The van der Waals surface area contributed by atoms with Crippen LogP contribution in [0.4, 0.5) is 5.69 Å². The van der Waals surface area contributed by atoms with E-state index in [2.05, 4.69) is 4.98 Å². The van der Waals surface area contributed by atoms with E-state index in [0.717, 1.165) is 27.7 Å². The summed E-state index contributed by atoms with van der Waals surface area (Å²) in [6, 6.07) is 17.2. The van der Waals surface area contributed by atoms with Gasteiger partial charge in [-0.05, 0) is 29.7 Å². The Morgan fingerprint density at radius 3 is 2.57 bits per heavy atom. The fourth-order valence-corrected chi connectivity index (χ4v) is 3.02. The fraction of sp³-hybridized carbons (Fsp3) is 0.0588. The van der Waals surface area contributed by atoms with E-state index in [-0.39, 0.29) is 5.91 Å². The second kappa shape index (κ2) is 4.57. The number of carbonyl (C=O) groups is 1. The van der Waals surface area contributed by atoms with Crippen LogP contribution in [0.5, 0.6) is 0 Å². The van der Waals surface area contributed by atoms with E-state index in [1.807, 2.05) is 48.5 Å². The van der Waals surface area contributed by atoms with Crippen LogP contribution in [-0.4, -0.2) is 10.9 Å². The summed E-state index contributed by atoms with van der Waals surface area (Å²) in [5.74, 6) is 0.0172. The first-order chi connectivity index (χ1) is 10.2. The lowest BCUT2D eigenvalue weighted by Crippen LogP contribution is -2.26. The third-order valence-electron chi connectivity index (χ3n) is 3.74. The van der Waals surface area contributed by atoms with Gasteiger partial charge in [-0.3, -0.25) is 4.79 Å². The van der Waals surface area contributed by atoms with Gasteiger partial charge in [0.05, 0.1) is 17.9 Å². The molecule has 0 aliphatic carbocycles. The minimum Gasteiger partial charge on any atom is -0.302 e. The van der Waals surface area contributed by atoms with Gasteiger partial charge in [-0.25, -0.2) is 4.98 Å². The van der Waals surface area contributed by atoms with Crippen molar-refractivity contribution in [3.05, 3.63) is 71.0 Å². The normalized spacial score (nSPS) is 13.2. The lowest BCUT2D eigenvalue weighted by atomic mass is 10.1. The molecule has 102 valence electrons. The number of aromatic nitrogens is 1. The van der Waals surface area contributed by atoms with Gasteiger partial charge in [0.15, 0.2) is 0 Å². The zero-order valence-corrected chi connectivity index (χ0v) is 11.8. The van der Waals surface area contributed by atoms with Crippen molar-refractivity contribution in [3.8, 4) is 0 Å². The van der Waals surface area contributed by atoms with Crippen LogP contribution in [0.15, 0.2) is 54.6 Å². The van der Waals surface area contributed by atoms with Crippen molar-refractivity contribution < 1.29 is 4.79 Å². The van der Waals surface area contributed by atoms with Crippen molar-refractivity contribution in [2.24, 2.45) is 0 Å². The first-order valence-corrected chi connectivity index (χ1v) is 7.07. The first-order valence-electron chi connectivity index (χ1n) is 6.69. The molecular formula is C17H11ClN2O. The van der Waals surface area contributed by atoms with Crippen LogP contribution >= 0.6 is 11.6 Å². The maximum Gasteiger partial charge on any atom is 0.259 e. The van der Waals surface area contributed by atoms with Gasteiger partial charge in [-0.15, -0.1) is 0 Å². The Labute approximate surface area is 126 Å². The van der Waals surface area contributed by atoms with E-state index in [1.54, 1.807) is 11.0 Å². The Bertz CT molecular complexity index is 870. The second-order valence-electron chi connectivity index (χ2n) is 5.02. The van der Waals surface area contributed by atoms with Crippen LogP contribution in [0.25, 0.3) is 10.8 Å². The molecule has 1 aliphatic heterocycles. The van der Waals surface area contributed by atoms with Gasteiger partial charge in [0.25, 0.3) is 5.91 Å². The number of hydrogen-bond donors (Lipinski definition) is 0. The fourth-order valence-electron chi connectivity index (χ4n) is 2.84. The molecule has 0 bridgehead atoms. The smallest absolute Gasteiger partial charge is 0.259 e. The first kappa shape index (κ1) is 12.4. The van der Waals surface area contributed by atoms with E-state index in [0.29, 0.717) is 11.7 Å².